The molecular formula is C12H20N2O. The fraction of sp³-hybridized carbons (Fsp3) is 0.500. The van der Waals surface area contributed by atoms with Gasteiger partial charge >= 0.3 is 0 Å². The van der Waals surface area contributed by atoms with E-state index in [0.717, 1.165) is 26.1 Å². The standard InChI is InChI=1S/C12H20N2O/c1-2-14(9-6-10-15-13)11-12-7-4-3-5-8-12/h3-5,7-8H,2,6,9-11,13H2,1H3. The first-order valence-corrected chi connectivity index (χ1v) is 5.44. The summed E-state index contributed by atoms with van der Waals surface area (Å²) in [6.07, 6.45) is 0.983. The van der Waals surface area contributed by atoms with Crippen LogP contribution >= 0.6 is 0 Å². The molecule has 3 nitrogen and oxygen atoms in total. The number of benzene rings is 1. The van der Waals surface area contributed by atoms with E-state index in [1.807, 2.05) is 6.07 Å². The molecule has 2 N–H and O–H groups in total. The third kappa shape index (κ3) is 4.93. The molecule has 0 saturated heterocycles. The maximum absolute atomic E-state index is 4.99. The zero-order valence-corrected chi connectivity index (χ0v) is 9.36. The Kier molecular flexibility index (Phi) is 6.00. The van der Waals surface area contributed by atoms with Crippen molar-refractivity contribution in [2.24, 2.45) is 5.90 Å². The largest absolute Gasteiger partial charge is 0.305 e. The van der Waals surface area contributed by atoms with Gasteiger partial charge in [-0.05, 0) is 18.5 Å². The van der Waals surface area contributed by atoms with Crippen LogP contribution < -0.4 is 5.90 Å². The molecule has 0 bridgehead atoms. The van der Waals surface area contributed by atoms with E-state index in [0.29, 0.717) is 6.61 Å². The fourth-order valence-electron chi connectivity index (χ4n) is 1.56. The summed E-state index contributed by atoms with van der Waals surface area (Å²) in [7, 11) is 0. The van der Waals surface area contributed by atoms with E-state index in [4.69, 9.17) is 5.90 Å². The molecule has 0 aliphatic heterocycles. The molecule has 0 fully saturated rings. The summed E-state index contributed by atoms with van der Waals surface area (Å²) >= 11 is 0. The lowest BCUT2D eigenvalue weighted by molar-refractivity contribution is 0.123. The normalized spacial score (nSPS) is 10.9. The van der Waals surface area contributed by atoms with Crippen LogP contribution in [0.25, 0.3) is 0 Å². The second-order valence-corrected chi connectivity index (χ2v) is 3.58. The summed E-state index contributed by atoms with van der Waals surface area (Å²) in [6.45, 7) is 5.89. The van der Waals surface area contributed by atoms with Gasteiger partial charge in [0, 0.05) is 13.1 Å². The Labute approximate surface area is 91.8 Å². The Bertz CT molecular complexity index is 251. The summed E-state index contributed by atoms with van der Waals surface area (Å²) in [6, 6.07) is 10.5. The highest BCUT2D eigenvalue weighted by atomic mass is 16.6. The zero-order chi connectivity index (χ0) is 10.9. The molecule has 0 aromatic heterocycles. The van der Waals surface area contributed by atoms with Crippen LogP contribution in [0.5, 0.6) is 0 Å². The topological polar surface area (TPSA) is 38.5 Å². The second-order valence-electron chi connectivity index (χ2n) is 3.58. The quantitative estimate of drug-likeness (QED) is 0.548. The highest BCUT2D eigenvalue weighted by molar-refractivity contribution is 5.14. The Balaban J connectivity index is 2.33. The Morgan fingerprint density at radius 3 is 2.60 bits per heavy atom. The van der Waals surface area contributed by atoms with E-state index >= 15 is 0 Å². The van der Waals surface area contributed by atoms with Gasteiger partial charge in [0.15, 0.2) is 0 Å². The number of nitrogens with zero attached hydrogens (tertiary/aromatic N) is 1. The molecule has 0 spiro atoms. The van der Waals surface area contributed by atoms with E-state index in [-0.39, 0.29) is 0 Å². The van der Waals surface area contributed by atoms with Gasteiger partial charge in [0.05, 0.1) is 6.61 Å². The highest BCUT2D eigenvalue weighted by Crippen LogP contribution is 2.04. The molecule has 0 saturated carbocycles. The molecule has 0 aliphatic carbocycles. The minimum absolute atomic E-state index is 0.630. The van der Waals surface area contributed by atoms with Crippen LogP contribution in [0.2, 0.25) is 0 Å². The molecule has 3 heteroatoms. The Hall–Kier alpha value is -0.900. The van der Waals surface area contributed by atoms with Crippen LogP contribution in [0.1, 0.15) is 18.9 Å². The molecule has 0 aliphatic rings. The molecule has 0 unspecified atom stereocenters. The summed E-state index contributed by atoms with van der Waals surface area (Å²) in [5.74, 6) is 4.99. The summed E-state index contributed by atoms with van der Waals surface area (Å²) in [4.78, 5) is 6.94. The lowest BCUT2D eigenvalue weighted by Crippen LogP contribution is -2.25. The molecular weight excluding hydrogens is 188 g/mol. The van der Waals surface area contributed by atoms with Gasteiger partial charge < -0.3 is 4.84 Å². The SMILES string of the molecule is CCN(CCCON)Cc1ccccc1. The minimum Gasteiger partial charge on any atom is -0.305 e. The van der Waals surface area contributed by atoms with Gasteiger partial charge in [0.25, 0.3) is 0 Å². The molecule has 84 valence electrons. The minimum atomic E-state index is 0.630. The van der Waals surface area contributed by atoms with E-state index < -0.39 is 0 Å². The van der Waals surface area contributed by atoms with Crippen molar-refractivity contribution in [1.82, 2.24) is 4.90 Å². The Morgan fingerprint density at radius 1 is 1.27 bits per heavy atom. The fourth-order valence-corrected chi connectivity index (χ4v) is 1.56. The van der Waals surface area contributed by atoms with E-state index in [9.17, 15) is 0 Å². The molecule has 1 rings (SSSR count). The molecule has 1 aromatic rings. The Morgan fingerprint density at radius 2 is 2.00 bits per heavy atom. The highest BCUT2D eigenvalue weighted by Gasteiger charge is 2.02. The molecule has 0 heterocycles. The van der Waals surface area contributed by atoms with Crippen molar-refractivity contribution in [3.63, 3.8) is 0 Å². The second kappa shape index (κ2) is 7.40. The maximum atomic E-state index is 4.99. The lowest BCUT2D eigenvalue weighted by Gasteiger charge is -2.19. The number of rotatable bonds is 7. The monoisotopic (exact) mass is 208 g/mol. The predicted molar refractivity (Wildman–Crippen MR) is 62.1 cm³/mol. The third-order valence-electron chi connectivity index (χ3n) is 2.43. The zero-order valence-electron chi connectivity index (χ0n) is 9.36. The van der Waals surface area contributed by atoms with Gasteiger partial charge in [-0.1, -0.05) is 37.3 Å². The smallest absolute Gasteiger partial charge is 0.0691 e. The van der Waals surface area contributed by atoms with E-state index in [1.54, 1.807) is 0 Å². The van der Waals surface area contributed by atoms with Crippen LogP contribution in [0.15, 0.2) is 30.3 Å². The molecule has 1 aromatic carbocycles. The van der Waals surface area contributed by atoms with Crippen LogP contribution in [-0.2, 0) is 11.4 Å². The first kappa shape index (κ1) is 12.2. The first-order chi connectivity index (χ1) is 7.36. The van der Waals surface area contributed by atoms with Crippen LogP contribution in [-0.4, -0.2) is 24.6 Å². The van der Waals surface area contributed by atoms with Gasteiger partial charge in [-0.15, -0.1) is 0 Å². The van der Waals surface area contributed by atoms with Crippen LogP contribution in [0, 0.1) is 0 Å². The summed E-state index contributed by atoms with van der Waals surface area (Å²) in [5, 5.41) is 0. The number of hydrogen-bond acceptors (Lipinski definition) is 3. The average Bonchev–Trinajstić information content (AvgIpc) is 2.29. The summed E-state index contributed by atoms with van der Waals surface area (Å²) in [5.41, 5.74) is 1.35. The van der Waals surface area contributed by atoms with Crippen molar-refractivity contribution < 1.29 is 4.84 Å². The van der Waals surface area contributed by atoms with Gasteiger partial charge in [-0.3, -0.25) is 4.90 Å². The van der Waals surface area contributed by atoms with Gasteiger partial charge in [0.1, 0.15) is 0 Å². The van der Waals surface area contributed by atoms with Crippen LogP contribution in [0.4, 0.5) is 0 Å². The van der Waals surface area contributed by atoms with Crippen molar-refractivity contribution in [1.29, 1.82) is 0 Å². The number of hydrogen-bond donors (Lipinski definition) is 1. The lowest BCUT2D eigenvalue weighted by atomic mass is 10.2. The van der Waals surface area contributed by atoms with Crippen molar-refractivity contribution in [2.75, 3.05) is 19.7 Å². The van der Waals surface area contributed by atoms with Crippen molar-refractivity contribution in [3.8, 4) is 0 Å². The molecule has 15 heavy (non-hydrogen) atoms. The third-order valence-corrected chi connectivity index (χ3v) is 2.43. The molecule has 0 radical (unpaired) electrons. The van der Waals surface area contributed by atoms with E-state index in [2.05, 4.69) is 40.9 Å². The molecule has 0 amide bonds. The van der Waals surface area contributed by atoms with E-state index in [1.165, 1.54) is 5.56 Å². The maximum Gasteiger partial charge on any atom is 0.0691 e. The number of nitrogens with two attached hydrogens (primary N) is 1. The van der Waals surface area contributed by atoms with Crippen molar-refractivity contribution in [2.45, 2.75) is 19.9 Å². The van der Waals surface area contributed by atoms with Gasteiger partial charge in [0.2, 0.25) is 0 Å². The first-order valence-electron chi connectivity index (χ1n) is 5.44. The van der Waals surface area contributed by atoms with Crippen molar-refractivity contribution >= 4 is 0 Å². The van der Waals surface area contributed by atoms with Gasteiger partial charge in [-0.2, -0.15) is 0 Å². The predicted octanol–water partition coefficient (Wildman–Crippen LogP) is 1.79. The van der Waals surface area contributed by atoms with Crippen molar-refractivity contribution in [3.05, 3.63) is 35.9 Å². The van der Waals surface area contributed by atoms with Gasteiger partial charge in [-0.25, -0.2) is 5.90 Å². The molecule has 0 atom stereocenters. The van der Waals surface area contributed by atoms with Crippen LogP contribution in [0.3, 0.4) is 0 Å². The average molecular weight is 208 g/mol. The summed E-state index contributed by atoms with van der Waals surface area (Å²) < 4.78 is 0.